The lowest BCUT2D eigenvalue weighted by atomic mass is 9.82. The Morgan fingerprint density at radius 2 is 1.68 bits per heavy atom. The number of rotatable bonds is 4. The van der Waals surface area contributed by atoms with Gasteiger partial charge in [0.25, 0.3) is 0 Å². The second-order valence-electron chi connectivity index (χ2n) is 8.46. The molecule has 25 heavy (non-hydrogen) atoms. The monoisotopic (exact) mass is 355 g/mol. The molecule has 2 heterocycles. The van der Waals surface area contributed by atoms with E-state index in [-0.39, 0.29) is 11.0 Å². The molecule has 2 aromatic heterocycles. The number of nitrogens with one attached hydrogen (secondary N) is 1. The van der Waals surface area contributed by atoms with Gasteiger partial charge in [-0.25, -0.2) is 4.98 Å². The van der Waals surface area contributed by atoms with E-state index in [1.807, 2.05) is 48.7 Å². The van der Waals surface area contributed by atoms with Crippen molar-refractivity contribution in [2.24, 2.45) is 5.41 Å². The van der Waals surface area contributed by atoms with Crippen LogP contribution in [0.25, 0.3) is 16.9 Å². The molecule has 0 fully saturated rings. The highest BCUT2D eigenvalue weighted by Crippen LogP contribution is 2.37. The maximum Gasteiger partial charge on any atom is 0.139 e. The molecule has 0 saturated carbocycles. The van der Waals surface area contributed by atoms with Crippen LogP contribution in [0.2, 0.25) is 5.02 Å². The minimum atomic E-state index is -0.0833. The Morgan fingerprint density at radius 3 is 2.36 bits per heavy atom. The molecule has 3 rings (SSSR count). The molecule has 0 spiro atoms. The van der Waals surface area contributed by atoms with E-state index in [1.165, 1.54) is 0 Å². The second kappa shape index (κ2) is 6.38. The maximum absolute atomic E-state index is 6.46. The Morgan fingerprint density at radius 1 is 1.00 bits per heavy atom. The summed E-state index contributed by atoms with van der Waals surface area (Å²) >= 11 is 6.46. The predicted octanol–water partition coefficient (Wildman–Crippen LogP) is 6.28. The fourth-order valence-electron chi connectivity index (χ4n) is 3.65. The summed E-state index contributed by atoms with van der Waals surface area (Å²) < 4.78 is 2.10. The van der Waals surface area contributed by atoms with Crippen LogP contribution in [0.5, 0.6) is 0 Å². The third kappa shape index (κ3) is 3.98. The lowest BCUT2D eigenvalue weighted by Gasteiger charge is -2.34. The molecule has 0 bridgehead atoms. The first-order chi connectivity index (χ1) is 11.7. The number of benzene rings is 1. The van der Waals surface area contributed by atoms with Crippen LogP contribution in [0.1, 0.15) is 41.0 Å². The van der Waals surface area contributed by atoms with Crippen LogP contribution in [0.4, 0.5) is 5.82 Å². The van der Waals surface area contributed by atoms with Crippen molar-refractivity contribution in [2.45, 2.75) is 46.6 Å². The zero-order valence-corrected chi connectivity index (χ0v) is 16.4. The first-order valence-corrected chi connectivity index (χ1v) is 9.04. The summed E-state index contributed by atoms with van der Waals surface area (Å²) in [6.07, 6.45) is 3.07. The van der Waals surface area contributed by atoms with Crippen molar-refractivity contribution < 1.29 is 0 Å². The van der Waals surface area contributed by atoms with Crippen LogP contribution in [0, 0.1) is 5.41 Å². The highest BCUT2D eigenvalue weighted by atomic mass is 35.5. The average Bonchev–Trinajstić information content (AvgIpc) is 2.83. The highest BCUT2D eigenvalue weighted by molar-refractivity contribution is 6.33. The van der Waals surface area contributed by atoms with Gasteiger partial charge in [0.1, 0.15) is 17.2 Å². The number of hydrogen-bond acceptors (Lipinski definition) is 2. The van der Waals surface area contributed by atoms with Gasteiger partial charge in [-0.2, -0.15) is 0 Å². The van der Waals surface area contributed by atoms with Crippen LogP contribution in [0.15, 0.2) is 48.7 Å². The van der Waals surface area contributed by atoms with Crippen LogP contribution < -0.4 is 5.32 Å². The minimum Gasteiger partial charge on any atom is -0.364 e. The van der Waals surface area contributed by atoms with E-state index < -0.39 is 0 Å². The average molecular weight is 356 g/mol. The van der Waals surface area contributed by atoms with Gasteiger partial charge in [0.2, 0.25) is 0 Å². The van der Waals surface area contributed by atoms with E-state index in [4.69, 9.17) is 16.6 Å². The fourth-order valence-corrected chi connectivity index (χ4v) is 3.87. The standard InChI is InChI=1S/C21H26ClN3/c1-20(2,3)14-21(4,5)24-19-18(15-10-6-7-11-16(15)22)23-17-12-8-9-13-25(17)19/h6-13,24H,14H2,1-5H3. The van der Waals surface area contributed by atoms with Crippen molar-refractivity contribution in [3.63, 3.8) is 0 Å². The zero-order valence-electron chi connectivity index (χ0n) is 15.6. The molecule has 0 aliphatic heterocycles. The van der Waals surface area contributed by atoms with E-state index in [9.17, 15) is 0 Å². The second-order valence-corrected chi connectivity index (χ2v) is 8.87. The summed E-state index contributed by atoms with van der Waals surface area (Å²) in [6.45, 7) is 11.3. The third-order valence-corrected chi connectivity index (χ3v) is 4.42. The van der Waals surface area contributed by atoms with E-state index in [2.05, 4.69) is 44.3 Å². The van der Waals surface area contributed by atoms with Gasteiger partial charge in [0.15, 0.2) is 0 Å². The molecule has 0 radical (unpaired) electrons. The van der Waals surface area contributed by atoms with Crippen molar-refractivity contribution in [1.29, 1.82) is 0 Å². The molecular weight excluding hydrogens is 330 g/mol. The molecule has 0 saturated heterocycles. The molecule has 0 aliphatic rings. The van der Waals surface area contributed by atoms with Crippen LogP contribution in [-0.2, 0) is 0 Å². The topological polar surface area (TPSA) is 29.3 Å². The molecule has 3 aromatic rings. The Kier molecular flexibility index (Phi) is 4.54. The van der Waals surface area contributed by atoms with Gasteiger partial charge in [0, 0.05) is 17.3 Å². The highest BCUT2D eigenvalue weighted by Gasteiger charge is 2.28. The molecule has 0 atom stereocenters. The third-order valence-electron chi connectivity index (χ3n) is 4.09. The van der Waals surface area contributed by atoms with Crippen molar-refractivity contribution in [3.8, 4) is 11.3 Å². The summed E-state index contributed by atoms with van der Waals surface area (Å²) in [5.41, 5.74) is 2.88. The summed E-state index contributed by atoms with van der Waals surface area (Å²) in [6, 6.07) is 13.9. The normalized spacial score (nSPS) is 12.6. The van der Waals surface area contributed by atoms with Gasteiger partial charge in [0.05, 0.1) is 5.02 Å². The largest absolute Gasteiger partial charge is 0.364 e. The quantitative estimate of drug-likeness (QED) is 0.596. The molecule has 0 aliphatic carbocycles. The summed E-state index contributed by atoms with van der Waals surface area (Å²) in [5, 5.41) is 4.44. The number of pyridine rings is 1. The molecule has 1 N–H and O–H groups in total. The minimum absolute atomic E-state index is 0.0833. The van der Waals surface area contributed by atoms with Crippen molar-refractivity contribution in [2.75, 3.05) is 5.32 Å². The zero-order chi connectivity index (χ0) is 18.2. The Balaban J connectivity index is 2.13. The van der Waals surface area contributed by atoms with Crippen molar-refractivity contribution in [3.05, 3.63) is 53.7 Å². The first kappa shape index (κ1) is 17.8. The predicted molar refractivity (Wildman–Crippen MR) is 107 cm³/mol. The van der Waals surface area contributed by atoms with Crippen molar-refractivity contribution in [1.82, 2.24) is 9.38 Å². The Hall–Kier alpha value is -2.00. The fraction of sp³-hybridized carbons (Fsp3) is 0.381. The number of halogens is 1. The maximum atomic E-state index is 6.46. The Bertz CT molecular complexity index is 888. The Labute approximate surface area is 155 Å². The molecular formula is C21H26ClN3. The molecule has 1 aromatic carbocycles. The number of aromatic nitrogens is 2. The molecule has 4 heteroatoms. The molecule has 0 amide bonds. The van der Waals surface area contributed by atoms with E-state index >= 15 is 0 Å². The van der Waals surface area contributed by atoms with E-state index in [0.717, 1.165) is 29.1 Å². The van der Waals surface area contributed by atoms with Gasteiger partial charge in [-0.1, -0.05) is 56.6 Å². The summed E-state index contributed by atoms with van der Waals surface area (Å²) in [7, 11) is 0. The van der Waals surface area contributed by atoms with Gasteiger partial charge in [-0.15, -0.1) is 0 Å². The summed E-state index contributed by atoms with van der Waals surface area (Å²) in [5.74, 6) is 0.984. The number of nitrogens with zero attached hydrogens (tertiary/aromatic N) is 2. The van der Waals surface area contributed by atoms with Gasteiger partial charge >= 0.3 is 0 Å². The van der Waals surface area contributed by atoms with Gasteiger partial charge in [-0.05, 0) is 43.9 Å². The van der Waals surface area contributed by atoms with Crippen LogP contribution in [0.3, 0.4) is 0 Å². The van der Waals surface area contributed by atoms with Gasteiger partial charge < -0.3 is 5.32 Å². The number of hydrogen-bond donors (Lipinski definition) is 1. The number of anilines is 1. The first-order valence-electron chi connectivity index (χ1n) is 8.66. The molecule has 132 valence electrons. The number of fused-ring (bicyclic) bond motifs is 1. The van der Waals surface area contributed by atoms with E-state index in [0.29, 0.717) is 5.02 Å². The van der Waals surface area contributed by atoms with Crippen LogP contribution >= 0.6 is 11.6 Å². The van der Waals surface area contributed by atoms with Crippen molar-refractivity contribution >= 4 is 23.1 Å². The van der Waals surface area contributed by atoms with Gasteiger partial charge in [-0.3, -0.25) is 4.40 Å². The lowest BCUT2D eigenvalue weighted by Crippen LogP contribution is -2.36. The van der Waals surface area contributed by atoms with Crippen LogP contribution in [-0.4, -0.2) is 14.9 Å². The summed E-state index contributed by atoms with van der Waals surface area (Å²) in [4.78, 5) is 4.84. The molecule has 0 unspecified atom stereocenters. The van der Waals surface area contributed by atoms with E-state index in [1.54, 1.807) is 0 Å². The lowest BCUT2D eigenvalue weighted by molar-refractivity contribution is 0.302. The SMILES string of the molecule is CC(C)(C)CC(C)(C)Nc1c(-c2ccccc2Cl)nc2ccccn12. The molecule has 3 nitrogen and oxygen atoms in total. The smallest absolute Gasteiger partial charge is 0.139 e. The number of imidazole rings is 1.